The number of esters is 1. The number of thioether (sulfide) groups is 1. The van der Waals surface area contributed by atoms with E-state index >= 15 is 0 Å². The van der Waals surface area contributed by atoms with E-state index in [1.807, 2.05) is 12.1 Å². The number of aromatic nitrogens is 2. The Hall–Kier alpha value is -3.14. The summed E-state index contributed by atoms with van der Waals surface area (Å²) >= 11 is 1.28. The third-order valence-corrected chi connectivity index (χ3v) is 6.59. The van der Waals surface area contributed by atoms with Gasteiger partial charge in [-0.2, -0.15) is 0 Å². The molecule has 0 bridgehead atoms. The molecule has 34 heavy (non-hydrogen) atoms. The zero-order valence-corrected chi connectivity index (χ0v) is 20.0. The smallest absolute Gasteiger partial charge is 0.338 e. The highest BCUT2D eigenvalue weighted by atomic mass is 32.2. The summed E-state index contributed by atoms with van der Waals surface area (Å²) in [6, 6.07) is 10.7. The summed E-state index contributed by atoms with van der Waals surface area (Å²) < 4.78 is 4.99. The molecule has 0 spiro atoms. The van der Waals surface area contributed by atoms with Crippen LogP contribution in [0.2, 0.25) is 0 Å². The number of carbonyl (C=O) groups is 3. The Labute approximate surface area is 203 Å². The van der Waals surface area contributed by atoms with Crippen molar-refractivity contribution in [3.05, 3.63) is 42.0 Å². The molecule has 2 aromatic rings. The number of ether oxygens (including phenoxy) is 1. The van der Waals surface area contributed by atoms with Gasteiger partial charge in [0.1, 0.15) is 5.03 Å². The zero-order valence-electron chi connectivity index (χ0n) is 19.2. The number of nitrogens with zero attached hydrogens (tertiary/aromatic N) is 3. The zero-order chi connectivity index (χ0) is 23.9. The molecule has 1 saturated heterocycles. The minimum Gasteiger partial charge on any atom is -0.462 e. The van der Waals surface area contributed by atoms with Crippen molar-refractivity contribution in [1.82, 2.24) is 15.5 Å². The Kier molecular flexibility index (Phi) is 7.99. The first-order valence-corrected chi connectivity index (χ1v) is 12.6. The van der Waals surface area contributed by atoms with Crippen molar-refractivity contribution >= 4 is 41.1 Å². The van der Waals surface area contributed by atoms with Gasteiger partial charge in [-0.25, -0.2) is 4.79 Å². The predicted octanol–water partition coefficient (Wildman–Crippen LogP) is 2.88. The Bertz CT molecular complexity index is 1030. The minimum absolute atomic E-state index is 0.0174. The molecule has 0 radical (unpaired) electrons. The van der Waals surface area contributed by atoms with Crippen molar-refractivity contribution in [1.29, 1.82) is 0 Å². The van der Waals surface area contributed by atoms with E-state index in [2.05, 4.69) is 25.7 Å². The number of carbonyl (C=O) groups excluding carboxylic acids is 3. The van der Waals surface area contributed by atoms with Crippen LogP contribution >= 0.6 is 11.8 Å². The summed E-state index contributed by atoms with van der Waals surface area (Å²) in [5.74, 6) is 0.394. The summed E-state index contributed by atoms with van der Waals surface area (Å²) in [5.41, 5.74) is 0.918. The number of amides is 2. The molecule has 1 aromatic carbocycles. The van der Waals surface area contributed by atoms with Gasteiger partial charge in [-0.05, 0) is 62.9 Å². The van der Waals surface area contributed by atoms with E-state index in [4.69, 9.17) is 4.74 Å². The second-order valence-electron chi connectivity index (χ2n) is 8.44. The first kappa shape index (κ1) is 24.0. The minimum atomic E-state index is -0.424. The van der Waals surface area contributed by atoms with Crippen molar-refractivity contribution < 1.29 is 19.1 Å². The first-order valence-electron chi connectivity index (χ1n) is 11.6. The van der Waals surface area contributed by atoms with Crippen molar-refractivity contribution in [2.75, 3.05) is 35.7 Å². The number of nitrogens with one attached hydrogen (secondary N) is 2. The molecule has 1 atom stereocenters. The fraction of sp³-hybridized carbons (Fsp3) is 0.458. The van der Waals surface area contributed by atoms with Crippen molar-refractivity contribution in [3.8, 4) is 0 Å². The van der Waals surface area contributed by atoms with E-state index in [-0.39, 0.29) is 23.5 Å². The van der Waals surface area contributed by atoms with Crippen LogP contribution in [0.25, 0.3) is 0 Å². The van der Waals surface area contributed by atoms with Gasteiger partial charge in [-0.3, -0.25) is 9.59 Å². The third-order valence-electron chi connectivity index (χ3n) is 5.67. The summed E-state index contributed by atoms with van der Waals surface area (Å²) in [6.07, 6.45) is 4.02. The lowest BCUT2D eigenvalue weighted by Gasteiger charge is -2.32. The molecule has 4 rings (SSSR count). The highest BCUT2D eigenvalue weighted by Crippen LogP contribution is 2.25. The number of anilines is 2. The average molecular weight is 484 g/mol. The standard InChI is InChI=1S/C24H29N5O4S/c1-2-33-24(32)16-5-3-7-19(13-16)25-21(30)15-34-22-11-10-20(27-28-22)29-12-4-6-17(14-29)23(31)26-18-8-9-18/h3,5,7,10-11,13,17-18H,2,4,6,8-9,12,14-15H2,1H3,(H,25,30)(H,26,31)/t17-/m1/s1. The number of benzene rings is 1. The Morgan fingerprint density at radius 3 is 2.74 bits per heavy atom. The molecule has 1 saturated carbocycles. The number of piperidine rings is 1. The molecule has 2 N–H and O–H groups in total. The van der Waals surface area contributed by atoms with E-state index in [0.717, 1.165) is 38.0 Å². The normalized spacial score (nSPS) is 17.7. The number of hydrogen-bond donors (Lipinski definition) is 2. The summed E-state index contributed by atoms with van der Waals surface area (Å²) in [5, 5.41) is 15.1. The maximum Gasteiger partial charge on any atom is 0.338 e. The quantitative estimate of drug-likeness (QED) is 0.414. The largest absolute Gasteiger partial charge is 0.462 e. The fourth-order valence-electron chi connectivity index (χ4n) is 3.78. The SMILES string of the molecule is CCOC(=O)c1cccc(NC(=O)CSc2ccc(N3CCC[C@@H](C(=O)NC4CC4)C3)nn2)c1. The second-order valence-corrected chi connectivity index (χ2v) is 9.43. The highest BCUT2D eigenvalue weighted by Gasteiger charge is 2.31. The average Bonchev–Trinajstić information content (AvgIpc) is 3.67. The van der Waals surface area contributed by atoms with Crippen LogP contribution in [0.5, 0.6) is 0 Å². The van der Waals surface area contributed by atoms with E-state index in [1.54, 1.807) is 31.2 Å². The number of rotatable bonds is 9. The fourth-order valence-corrected chi connectivity index (χ4v) is 4.39. The van der Waals surface area contributed by atoms with Gasteiger partial charge in [-0.15, -0.1) is 10.2 Å². The molecule has 180 valence electrons. The van der Waals surface area contributed by atoms with Crippen LogP contribution in [0.4, 0.5) is 11.5 Å². The molecular formula is C24H29N5O4S. The molecule has 1 aliphatic heterocycles. The maximum absolute atomic E-state index is 12.4. The van der Waals surface area contributed by atoms with Gasteiger partial charge in [0.2, 0.25) is 11.8 Å². The topological polar surface area (TPSA) is 114 Å². The highest BCUT2D eigenvalue weighted by molar-refractivity contribution is 7.99. The molecule has 10 heteroatoms. The molecule has 1 aromatic heterocycles. The molecule has 2 aliphatic rings. The Balaban J connectivity index is 1.26. The van der Waals surface area contributed by atoms with E-state index in [1.165, 1.54) is 11.8 Å². The predicted molar refractivity (Wildman–Crippen MR) is 130 cm³/mol. The lowest BCUT2D eigenvalue weighted by Crippen LogP contribution is -2.44. The molecule has 0 unspecified atom stereocenters. The van der Waals surface area contributed by atoms with Crippen LogP contribution in [0.15, 0.2) is 41.4 Å². The van der Waals surface area contributed by atoms with Crippen molar-refractivity contribution in [2.45, 2.75) is 43.7 Å². The Morgan fingerprint density at radius 1 is 1.15 bits per heavy atom. The van der Waals surface area contributed by atoms with E-state index < -0.39 is 5.97 Å². The van der Waals surface area contributed by atoms with Crippen molar-refractivity contribution in [2.24, 2.45) is 5.92 Å². The van der Waals surface area contributed by atoms with Gasteiger partial charge < -0.3 is 20.3 Å². The van der Waals surface area contributed by atoms with Crippen molar-refractivity contribution in [3.63, 3.8) is 0 Å². The van der Waals surface area contributed by atoms with Gasteiger partial charge in [0.25, 0.3) is 0 Å². The third kappa shape index (κ3) is 6.69. The monoisotopic (exact) mass is 483 g/mol. The van der Waals surface area contributed by atoms with Crippen LogP contribution in [0, 0.1) is 5.92 Å². The van der Waals surface area contributed by atoms with Crippen LogP contribution in [-0.2, 0) is 14.3 Å². The van der Waals surface area contributed by atoms with Crippen LogP contribution in [-0.4, -0.2) is 59.5 Å². The maximum atomic E-state index is 12.4. The van der Waals surface area contributed by atoms with Gasteiger partial charge in [-0.1, -0.05) is 17.8 Å². The van der Waals surface area contributed by atoms with Gasteiger partial charge in [0, 0.05) is 24.8 Å². The molecular weight excluding hydrogens is 454 g/mol. The number of hydrogen-bond acceptors (Lipinski definition) is 8. The van der Waals surface area contributed by atoms with Gasteiger partial charge >= 0.3 is 5.97 Å². The lowest BCUT2D eigenvalue weighted by molar-refractivity contribution is -0.125. The van der Waals surface area contributed by atoms with Crippen LogP contribution in [0.1, 0.15) is 43.0 Å². The van der Waals surface area contributed by atoms with Gasteiger partial charge in [0.05, 0.1) is 23.8 Å². The summed E-state index contributed by atoms with van der Waals surface area (Å²) in [7, 11) is 0. The molecule has 2 heterocycles. The summed E-state index contributed by atoms with van der Waals surface area (Å²) in [4.78, 5) is 38.7. The van der Waals surface area contributed by atoms with E-state index in [9.17, 15) is 14.4 Å². The van der Waals surface area contributed by atoms with Gasteiger partial charge in [0.15, 0.2) is 5.82 Å². The molecule has 9 nitrogen and oxygen atoms in total. The van der Waals surface area contributed by atoms with Crippen LogP contribution in [0.3, 0.4) is 0 Å². The first-order chi connectivity index (χ1) is 16.5. The summed E-state index contributed by atoms with van der Waals surface area (Å²) in [6.45, 7) is 3.53. The molecule has 1 aliphatic carbocycles. The van der Waals surface area contributed by atoms with Crippen LogP contribution < -0.4 is 15.5 Å². The second kappa shape index (κ2) is 11.3. The lowest BCUT2D eigenvalue weighted by atomic mass is 9.97. The van der Waals surface area contributed by atoms with E-state index in [0.29, 0.717) is 35.5 Å². The molecule has 2 amide bonds. The Morgan fingerprint density at radius 2 is 2.00 bits per heavy atom. The molecule has 2 fully saturated rings.